The number of hydrogen-bond donors (Lipinski definition) is 1. The highest BCUT2D eigenvalue weighted by atomic mass is 79.9. The minimum Gasteiger partial charge on any atom is -0.325 e. The first-order valence-corrected chi connectivity index (χ1v) is 4.19. The molecule has 0 bridgehead atoms. The first-order valence-electron chi connectivity index (χ1n) is 3.39. The summed E-state index contributed by atoms with van der Waals surface area (Å²) >= 11 is 3.08. The topological polar surface area (TPSA) is 38.9 Å². The predicted molar refractivity (Wildman–Crippen MR) is 46.9 cm³/mol. The zero-order chi connectivity index (χ0) is 11.1. The van der Waals surface area contributed by atoms with Gasteiger partial charge in [-0.2, -0.15) is 13.2 Å². The van der Waals surface area contributed by atoms with Gasteiger partial charge in [-0.1, -0.05) is 0 Å². The molecule has 0 radical (unpaired) electrons. The van der Waals surface area contributed by atoms with Gasteiger partial charge < -0.3 is 5.73 Å². The Hall–Kier alpha value is -0.690. The van der Waals surface area contributed by atoms with E-state index in [9.17, 15) is 17.6 Å². The molecule has 0 aliphatic heterocycles. The summed E-state index contributed by atoms with van der Waals surface area (Å²) in [5, 5.41) is 0. The van der Waals surface area contributed by atoms with Gasteiger partial charge in [-0.15, -0.1) is 0 Å². The lowest BCUT2D eigenvalue weighted by Crippen LogP contribution is -2.02. The Labute approximate surface area is 86.3 Å². The highest BCUT2D eigenvalue weighted by molar-refractivity contribution is 9.10. The van der Waals surface area contributed by atoms with Gasteiger partial charge in [0.25, 0.3) is 0 Å². The second-order valence-electron chi connectivity index (χ2n) is 2.03. The van der Waals surface area contributed by atoms with E-state index in [1.807, 2.05) is 0 Å². The maximum atomic E-state index is 12.7. The maximum absolute atomic E-state index is 12.7. The van der Waals surface area contributed by atoms with Gasteiger partial charge >= 0.3 is 6.68 Å². The predicted octanol–water partition coefficient (Wildman–Crippen LogP) is 2.62. The lowest BCUT2D eigenvalue weighted by molar-refractivity contribution is 0.00819. The Morgan fingerprint density at radius 1 is 1.43 bits per heavy atom. The van der Waals surface area contributed by atoms with Gasteiger partial charge in [0.05, 0.1) is 5.69 Å². The summed E-state index contributed by atoms with van der Waals surface area (Å²) in [7, 11) is 0. The van der Waals surface area contributed by atoms with E-state index in [4.69, 9.17) is 5.73 Å². The first kappa shape index (κ1) is 13.3. The maximum Gasteiger partial charge on any atom is 0.379 e. The largest absolute Gasteiger partial charge is 0.379 e. The molecule has 2 nitrogen and oxygen atoms in total. The van der Waals surface area contributed by atoms with E-state index in [1.165, 1.54) is 12.3 Å². The van der Waals surface area contributed by atoms with Gasteiger partial charge in [-0.3, -0.25) is 4.98 Å². The molecule has 7 heteroatoms. The minimum absolute atomic E-state index is 0.138. The number of hydrogen-bond acceptors (Lipinski definition) is 2. The number of halogens is 5. The Balaban J connectivity index is 0.000000364. The van der Waals surface area contributed by atoms with Crippen LogP contribution < -0.4 is 5.73 Å². The van der Waals surface area contributed by atoms with Crippen molar-refractivity contribution in [2.75, 3.05) is 0 Å². The van der Waals surface area contributed by atoms with Crippen molar-refractivity contribution >= 4 is 15.9 Å². The molecule has 0 fully saturated rings. The molecule has 1 aromatic heterocycles. The molecule has 1 aromatic rings. The molecule has 14 heavy (non-hydrogen) atoms. The Morgan fingerprint density at radius 3 is 2.29 bits per heavy atom. The van der Waals surface area contributed by atoms with Crippen molar-refractivity contribution in [3.63, 3.8) is 0 Å². The third-order valence-electron chi connectivity index (χ3n) is 1.08. The van der Waals surface area contributed by atoms with E-state index < -0.39 is 6.68 Å². The second kappa shape index (κ2) is 6.72. The number of alkyl halides is 3. The van der Waals surface area contributed by atoms with Crippen LogP contribution in [0, 0.1) is 5.82 Å². The van der Waals surface area contributed by atoms with Crippen molar-refractivity contribution in [2.24, 2.45) is 5.73 Å². The molecule has 0 saturated heterocycles. The number of aromatic nitrogens is 1. The summed E-state index contributed by atoms with van der Waals surface area (Å²) in [6, 6.07) is 1.34. The molecule has 80 valence electrons. The summed E-state index contributed by atoms with van der Waals surface area (Å²) in [5.41, 5.74) is 5.48. The Kier molecular flexibility index (Phi) is 6.39. The van der Waals surface area contributed by atoms with Crippen molar-refractivity contribution in [3.05, 3.63) is 28.2 Å². The standard InChI is InChI=1S/C6H6BrFN2.CHF3/c7-4-1-5(8)6(2-9)10-3-4;2-1(3)4/h1,3H,2,9H2;1H. The van der Waals surface area contributed by atoms with Crippen LogP contribution in [0.4, 0.5) is 17.6 Å². The molecular formula is C7H7BrF4N2. The van der Waals surface area contributed by atoms with Crippen molar-refractivity contribution in [2.45, 2.75) is 13.2 Å². The van der Waals surface area contributed by atoms with E-state index in [0.717, 1.165) is 0 Å². The molecule has 0 aliphatic carbocycles. The van der Waals surface area contributed by atoms with Crippen LogP contribution in [0.15, 0.2) is 16.7 Å². The Morgan fingerprint density at radius 2 is 1.93 bits per heavy atom. The third-order valence-corrected chi connectivity index (χ3v) is 1.51. The molecule has 0 aliphatic rings. The lowest BCUT2D eigenvalue weighted by atomic mass is 10.3. The average Bonchev–Trinajstić information content (AvgIpc) is 2.03. The van der Waals surface area contributed by atoms with E-state index >= 15 is 0 Å². The van der Waals surface area contributed by atoms with E-state index in [0.29, 0.717) is 10.2 Å². The normalized spacial score (nSPS) is 9.64. The molecule has 0 aromatic carbocycles. The second-order valence-corrected chi connectivity index (χ2v) is 2.95. The highest BCUT2D eigenvalue weighted by Gasteiger charge is 2.00. The quantitative estimate of drug-likeness (QED) is 0.800. The van der Waals surface area contributed by atoms with Crippen molar-refractivity contribution in [1.82, 2.24) is 4.98 Å². The third kappa shape index (κ3) is 5.87. The van der Waals surface area contributed by atoms with Crippen LogP contribution >= 0.6 is 15.9 Å². The summed E-state index contributed by atoms with van der Waals surface area (Å²) in [6.07, 6.45) is 1.52. The molecule has 0 atom stereocenters. The number of nitrogens with two attached hydrogens (primary N) is 1. The average molecular weight is 275 g/mol. The van der Waals surface area contributed by atoms with E-state index in [2.05, 4.69) is 20.9 Å². The molecule has 0 amide bonds. The molecule has 0 spiro atoms. The highest BCUT2D eigenvalue weighted by Crippen LogP contribution is 2.11. The van der Waals surface area contributed by atoms with Gasteiger partial charge in [0.15, 0.2) is 0 Å². The zero-order valence-corrected chi connectivity index (χ0v) is 8.44. The van der Waals surface area contributed by atoms with Gasteiger partial charge in [-0.05, 0) is 22.0 Å². The van der Waals surface area contributed by atoms with Crippen LogP contribution in [0.3, 0.4) is 0 Å². The van der Waals surface area contributed by atoms with Crippen LogP contribution in [-0.4, -0.2) is 11.7 Å². The zero-order valence-electron chi connectivity index (χ0n) is 6.85. The summed E-state index contributed by atoms with van der Waals surface area (Å²) in [5.74, 6) is -0.364. The monoisotopic (exact) mass is 274 g/mol. The van der Waals surface area contributed by atoms with Gasteiger partial charge in [-0.25, -0.2) is 4.39 Å². The van der Waals surface area contributed by atoms with Crippen LogP contribution in [0.5, 0.6) is 0 Å². The fraction of sp³-hybridized carbons (Fsp3) is 0.286. The fourth-order valence-corrected chi connectivity index (χ4v) is 0.896. The lowest BCUT2D eigenvalue weighted by Gasteiger charge is -1.96. The van der Waals surface area contributed by atoms with Crippen molar-refractivity contribution in [3.8, 4) is 0 Å². The first-order chi connectivity index (χ1) is 6.47. The smallest absolute Gasteiger partial charge is 0.325 e. The fourth-order valence-electron chi connectivity index (χ4n) is 0.593. The SMILES string of the molecule is FC(F)F.NCc1ncc(Br)cc1F. The molecule has 0 saturated carbocycles. The minimum atomic E-state index is -3.67. The molecule has 0 unspecified atom stereocenters. The molecule has 2 N–H and O–H groups in total. The van der Waals surface area contributed by atoms with E-state index in [-0.39, 0.29) is 12.4 Å². The van der Waals surface area contributed by atoms with Crippen LogP contribution in [0.25, 0.3) is 0 Å². The molecule has 1 rings (SSSR count). The number of nitrogens with zero attached hydrogens (tertiary/aromatic N) is 1. The van der Waals surface area contributed by atoms with Crippen LogP contribution in [-0.2, 0) is 6.54 Å². The van der Waals surface area contributed by atoms with Crippen LogP contribution in [0.2, 0.25) is 0 Å². The number of rotatable bonds is 1. The van der Waals surface area contributed by atoms with Gasteiger partial charge in [0.2, 0.25) is 0 Å². The van der Waals surface area contributed by atoms with Crippen molar-refractivity contribution < 1.29 is 17.6 Å². The summed E-state index contributed by atoms with van der Waals surface area (Å²) in [6.45, 7) is -3.53. The molecular weight excluding hydrogens is 268 g/mol. The van der Waals surface area contributed by atoms with E-state index in [1.54, 1.807) is 0 Å². The van der Waals surface area contributed by atoms with Crippen LogP contribution in [0.1, 0.15) is 5.69 Å². The van der Waals surface area contributed by atoms with Gasteiger partial charge in [0, 0.05) is 17.2 Å². The summed E-state index contributed by atoms with van der Waals surface area (Å²) in [4.78, 5) is 3.75. The van der Waals surface area contributed by atoms with Gasteiger partial charge in [0.1, 0.15) is 5.82 Å². The Bertz CT molecular complexity index is 280. The molecule has 1 heterocycles. The van der Waals surface area contributed by atoms with Crippen molar-refractivity contribution in [1.29, 1.82) is 0 Å². The summed E-state index contributed by atoms with van der Waals surface area (Å²) < 4.78 is 42.3. The number of pyridine rings is 1.